The van der Waals surface area contributed by atoms with E-state index < -0.39 is 0 Å². The standard InChI is InChI=1S/C19H18N4O2S/c1-12-8-13(2)23(22-12)16(17-4-3-7-25-17)10-20-19(24)14-5-6-15-18(9-14)26-11-21-15/h3-9,11,16H,10H2,1-2H3,(H,20,24). The van der Waals surface area contributed by atoms with E-state index >= 15 is 0 Å². The summed E-state index contributed by atoms with van der Waals surface area (Å²) >= 11 is 1.52. The number of hydrogen-bond donors (Lipinski definition) is 1. The highest BCUT2D eigenvalue weighted by Crippen LogP contribution is 2.21. The van der Waals surface area contributed by atoms with Gasteiger partial charge >= 0.3 is 0 Å². The van der Waals surface area contributed by atoms with Crippen molar-refractivity contribution in [2.45, 2.75) is 19.9 Å². The molecule has 0 aliphatic rings. The molecule has 0 fully saturated rings. The maximum absolute atomic E-state index is 12.6. The zero-order valence-corrected chi connectivity index (χ0v) is 15.3. The Morgan fingerprint density at radius 1 is 1.31 bits per heavy atom. The van der Waals surface area contributed by atoms with Crippen molar-refractivity contribution in [2.75, 3.05) is 6.54 Å². The summed E-state index contributed by atoms with van der Waals surface area (Å²) in [5.41, 5.74) is 5.25. The average Bonchev–Trinajstić information content (AvgIpc) is 3.36. The van der Waals surface area contributed by atoms with Gasteiger partial charge in [0.2, 0.25) is 0 Å². The van der Waals surface area contributed by atoms with Gasteiger partial charge in [0.1, 0.15) is 11.8 Å². The van der Waals surface area contributed by atoms with Gasteiger partial charge in [-0.3, -0.25) is 9.48 Å². The van der Waals surface area contributed by atoms with Crippen LogP contribution in [0.2, 0.25) is 0 Å². The SMILES string of the molecule is Cc1cc(C)n(C(CNC(=O)c2ccc3ncsc3c2)c2ccco2)n1. The van der Waals surface area contributed by atoms with Crippen LogP contribution in [0.3, 0.4) is 0 Å². The first-order valence-electron chi connectivity index (χ1n) is 8.29. The van der Waals surface area contributed by atoms with E-state index in [1.165, 1.54) is 11.3 Å². The van der Waals surface area contributed by atoms with E-state index in [9.17, 15) is 4.79 Å². The Bertz CT molecular complexity index is 1050. The second-order valence-corrected chi connectivity index (χ2v) is 7.03. The highest BCUT2D eigenvalue weighted by molar-refractivity contribution is 7.16. The third-order valence-electron chi connectivity index (χ3n) is 4.26. The molecule has 0 spiro atoms. The number of thiazole rings is 1. The Kier molecular flexibility index (Phi) is 4.30. The number of aromatic nitrogens is 3. The van der Waals surface area contributed by atoms with Crippen LogP contribution in [-0.4, -0.2) is 27.2 Å². The second kappa shape index (κ2) is 6.76. The smallest absolute Gasteiger partial charge is 0.251 e. The van der Waals surface area contributed by atoms with Gasteiger partial charge in [-0.1, -0.05) is 0 Å². The molecular weight excluding hydrogens is 348 g/mol. The molecule has 4 rings (SSSR count). The first kappa shape index (κ1) is 16.5. The molecule has 3 aromatic heterocycles. The fraction of sp³-hybridized carbons (Fsp3) is 0.211. The Hall–Kier alpha value is -2.93. The molecule has 4 aromatic rings. The van der Waals surface area contributed by atoms with E-state index in [4.69, 9.17) is 4.42 Å². The third kappa shape index (κ3) is 3.13. The largest absolute Gasteiger partial charge is 0.467 e. The molecule has 1 atom stereocenters. The number of furan rings is 1. The number of hydrogen-bond acceptors (Lipinski definition) is 5. The summed E-state index contributed by atoms with van der Waals surface area (Å²) in [5, 5.41) is 7.55. The van der Waals surface area contributed by atoms with Crippen molar-refractivity contribution in [3.63, 3.8) is 0 Å². The number of rotatable bonds is 5. The number of carbonyl (C=O) groups excluding carboxylic acids is 1. The van der Waals surface area contributed by atoms with Crippen molar-refractivity contribution in [3.05, 3.63) is 70.9 Å². The topological polar surface area (TPSA) is 73.0 Å². The normalized spacial score (nSPS) is 12.4. The minimum atomic E-state index is -0.199. The molecule has 3 heterocycles. The predicted octanol–water partition coefficient (Wildman–Crippen LogP) is 3.72. The molecule has 7 heteroatoms. The molecule has 1 amide bonds. The van der Waals surface area contributed by atoms with Gasteiger partial charge < -0.3 is 9.73 Å². The molecule has 26 heavy (non-hydrogen) atoms. The molecule has 6 nitrogen and oxygen atoms in total. The molecule has 1 unspecified atom stereocenters. The first-order valence-corrected chi connectivity index (χ1v) is 9.17. The molecule has 132 valence electrons. The van der Waals surface area contributed by atoms with Crippen molar-refractivity contribution in [2.24, 2.45) is 0 Å². The lowest BCUT2D eigenvalue weighted by Crippen LogP contribution is -2.32. The van der Waals surface area contributed by atoms with Crippen LogP contribution in [0.1, 0.15) is 33.5 Å². The summed E-state index contributed by atoms with van der Waals surface area (Å²) in [6, 6.07) is 11.1. The number of amides is 1. The Morgan fingerprint density at radius 2 is 2.19 bits per heavy atom. The lowest BCUT2D eigenvalue weighted by molar-refractivity contribution is 0.0948. The lowest BCUT2D eigenvalue weighted by Gasteiger charge is -2.18. The van der Waals surface area contributed by atoms with Gasteiger partial charge in [-0.25, -0.2) is 4.98 Å². The van der Waals surface area contributed by atoms with Gasteiger partial charge in [0, 0.05) is 17.8 Å². The maximum Gasteiger partial charge on any atom is 0.251 e. The Labute approximate surface area is 154 Å². The molecule has 0 saturated carbocycles. The number of carbonyl (C=O) groups is 1. The van der Waals surface area contributed by atoms with Gasteiger partial charge in [-0.05, 0) is 50.2 Å². The van der Waals surface area contributed by atoms with E-state index in [1.54, 1.807) is 17.8 Å². The minimum absolute atomic E-state index is 0.126. The maximum atomic E-state index is 12.6. The summed E-state index contributed by atoms with van der Waals surface area (Å²) in [5.74, 6) is 0.632. The first-order chi connectivity index (χ1) is 12.6. The van der Waals surface area contributed by atoms with Gasteiger partial charge in [0.25, 0.3) is 5.91 Å². The molecular formula is C19H18N4O2S. The lowest BCUT2D eigenvalue weighted by atomic mass is 10.1. The molecule has 1 N–H and O–H groups in total. The zero-order valence-electron chi connectivity index (χ0n) is 14.5. The van der Waals surface area contributed by atoms with Crippen LogP contribution in [0.15, 0.2) is 52.6 Å². The number of nitrogens with zero attached hydrogens (tertiary/aromatic N) is 3. The third-order valence-corrected chi connectivity index (χ3v) is 5.05. The van der Waals surface area contributed by atoms with Gasteiger partial charge in [0.05, 0.1) is 27.7 Å². The molecule has 0 saturated heterocycles. The van der Waals surface area contributed by atoms with Crippen LogP contribution in [0.25, 0.3) is 10.2 Å². The molecule has 0 aliphatic carbocycles. The molecule has 0 radical (unpaired) electrons. The minimum Gasteiger partial charge on any atom is -0.467 e. The monoisotopic (exact) mass is 366 g/mol. The fourth-order valence-electron chi connectivity index (χ4n) is 3.04. The van der Waals surface area contributed by atoms with Crippen molar-refractivity contribution < 1.29 is 9.21 Å². The number of benzene rings is 1. The van der Waals surface area contributed by atoms with E-state index in [0.29, 0.717) is 12.1 Å². The van der Waals surface area contributed by atoms with E-state index in [2.05, 4.69) is 15.4 Å². The quantitative estimate of drug-likeness (QED) is 0.584. The summed E-state index contributed by atoms with van der Waals surface area (Å²) < 4.78 is 8.47. The Morgan fingerprint density at radius 3 is 2.92 bits per heavy atom. The van der Waals surface area contributed by atoms with Crippen molar-refractivity contribution in [3.8, 4) is 0 Å². The summed E-state index contributed by atoms with van der Waals surface area (Å²) in [6.45, 7) is 4.33. The molecule has 0 aliphatic heterocycles. The second-order valence-electron chi connectivity index (χ2n) is 6.15. The Balaban J connectivity index is 1.56. The fourth-order valence-corrected chi connectivity index (χ4v) is 3.75. The summed E-state index contributed by atoms with van der Waals surface area (Å²) in [7, 11) is 0. The van der Waals surface area contributed by atoms with Crippen LogP contribution in [0.5, 0.6) is 0 Å². The highest BCUT2D eigenvalue weighted by atomic mass is 32.1. The van der Waals surface area contributed by atoms with Crippen LogP contribution in [0, 0.1) is 13.8 Å². The molecule has 0 bridgehead atoms. The summed E-state index contributed by atoms with van der Waals surface area (Å²) in [4.78, 5) is 16.9. The van der Waals surface area contributed by atoms with E-state index in [-0.39, 0.29) is 11.9 Å². The van der Waals surface area contributed by atoms with Crippen molar-refractivity contribution >= 4 is 27.5 Å². The van der Waals surface area contributed by atoms with Crippen LogP contribution >= 0.6 is 11.3 Å². The zero-order chi connectivity index (χ0) is 18.1. The number of fused-ring (bicyclic) bond motifs is 1. The highest BCUT2D eigenvalue weighted by Gasteiger charge is 2.21. The summed E-state index contributed by atoms with van der Waals surface area (Å²) in [6.07, 6.45) is 1.63. The average molecular weight is 366 g/mol. The van der Waals surface area contributed by atoms with Crippen molar-refractivity contribution in [1.82, 2.24) is 20.1 Å². The van der Waals surface area contributed by atoms with Crippen LogP contribution in [0.4, 0.5) is 0 Å². The van der Waals surface area contributed by atoms with Crippen molar-refractivity contribution in [1.29, 1.82) is 0 Å². The number of aryl methyl sites for hydroxylation is 2. The molecule has 1 aromatic carbocycles. The van der Waals surface area contributed by atoms with E-state index in [0.717, 1.165) is 27.4 Å². The van der Waals surface area contributed by atoms with E-state index in [1.807, 2.05) is 48.9 Å². The van der Waals surface area contributed by atoms with Gasteiger partial charge in [-0.2, -0.15) is 5.10 Å². The van der Waals surface area contributed by atoms with Gasteiger partial charge in [0.15, 0.2) is 0 Å². The van der Waals surface area contributed by atoms with Gasteiger partial charge in [-0.15, -0.1) is 11.3 Å². The van der Waals surface area contributed by atoms with Crippen LogP contribution < -0.4 is 5.32 Å². The predicted molar refractivity (Wildman–Crippen MR) is 101 cm³/mol. The van der Waals surface area contributed by atoms with Crippen LogP contribution in [-0.2, 0) is 0 Å². The number of nitrogens with one attached hydrogen (secondary N) is 1.